The quantitative estimate of drug-likeness (QED) is 0.453. The minimum atomic E-state index is -0.800. The number of ketones is 1. The third-order valence-electron chi connectivity index (χ3n) is 4.45. The van der Waals surface area contributed by atoms with Crippen LogP contribution in [0.25, 0.3) is 5.76 Å². The van der Waals surface area contributed by atoms with Gasteiger partial charge in [0.25, 0.3) is 11.7 Å². The van der Waals surface area contributed by atoms with E-state index in [1.165, 1.54) is 14.2 Å². The molecule has 2 N–H and O–H groups in total. The first-order valence-corrected chi connectivity index (χ1v) is 8.73. The van der Waals surface area contributed by atoms with Crippen molar-refractivity contribution in [2.24, 2.45) is 0 Å². The van der Waals surface area contributed by atoms with E-state index >= 15 is 0 Å². The SMILES string of the molecule is CCOc1ccc(/C(O)=C2\C(=O)C(=O)NC2c2ccc(OC)c(OC)c2)cc1. The molecule has 1 saturated heterocycles. The normalized spacial score (nSPS) is 17.9. The summed E-state index contributed by atoms with van der Waals surface area (Å²) < 4.78 is 15.9. The van der Waals surface area contributed by atoms with Gasteiger partial charge in [-0.05, 0) is 48.9 Å². The molecule has 0 bridgehead atoms. The molecule has 0 radical (unpaired) electrons. The fraction of sp³-hybridized carbons (Fsp3) is 0.238. The van der Waals surface area contributed by atoms with Crippen molar-refractivity contribution in [3.63, 3.8) is 0 Å². The van der Waals surface area contributed by atoms with Crippen LogP contribution in [0.4, 0.5) is 0 Å². The average molecular weight is 383 g/mol. The number of amides is 1. The van der Waals surface area contributed by atoms with E-state index in [-0.39, 0.29) is 11.3 Å². The molecule has 0 aromatic heterocycles. The number of nitrogens with one attached hydrogen (secondary N) is 1. The molecular weight excluding hydrogens is 362 g/mol. The van der Waals surface area contributed by atoms with E-state index in [1.807, 2.05) is 6.92 Å². The molecule has 28 heavy (non-hydrogen) atoms. The Hall–Kier alpha value is -3.48. The van der Waals surface area contributed by atoms with E-state index in [9.17, 15) is 14.7 Å². The highest BCUT2D eigenvalue weighted by Gasteiger charge is 2.39. The zero-order chi connectivity index (χ0) is 20.3. The van der Waals surface area contributed by atoms with Gasteiger partial charge in [-0.25, -0.2) is 0 Å². The molecule has 1 amide bonds. The molecule has 7 heteroatoms. The molecule has 1 heterocycles. The lowest BCUT2D eigenvalue weighted by atomic mass is 9.95. The van der Waals surface area contributed by atoms with Gasteiger partial charge in [0.1, 0.15) is 11.5 Å². The monoisotopic (exact) mass is 383 g/mol. The number of benzene rings is 2. The summed E-state index contributed by atoms with van der Waals surface area (Å²) in [5.41, 5.74) is 0.986. The number of rotatable bonds is 6. The minimum absolute atomic E-state index is 0.0126. The van der Waals surface area contributed by atoms with Crippen LogP contribution in [-0.4, -0.2) is 37.6 Å². The summed E-state index contributed by atoms with van der Waals surface area (Å²) >= 11 is 0. The average Bonchev–Trinajstić information content (AvgIpc) is 3.02. The number of carbonyl (C=O) groups is 2. The van der Waals surface area contributed by atoms with Crippen LogP contribution in [0, 0.1) is 0 Å². The van der Waals surface area contributed by atoms with Gasteiger partial charge in [0.2, 0.25) is 0 Å². The molecule has 7 nitrogen and oxygen atoms in total. The largest absolute Gasteiger partial charge is 0.507 e. The van der Waals surface area contributed by atoms with Crippen molar-refractivity contribution in [2.45, 2.75) is 13.0 Å². The van der Waals surface area contributed by atoms with Crippen LogP contribution in [0.2, 0.25) is 0 Å². The first-order chi connectivity index (χ1) is 13.5. The Bertz CT molecular complexity index is 932. The number of carbonyl (C=O) groups excluding carboxylic acids is 2. The van der Waals surface area contributed by atoms with Crippen LogP contribution in [-0.2, 0) is 9.59 Å². The van der Waals surface area contributed by atoms with E-state index < -0.39 is 17.7 Å². The van der Waals surface area contributed by atoms with Crippen molar-refractivity contribution >= 4 is 17.4 Å². The molecule has 2 aromatic rings. The Morgan fingerprint density at radius 1 is 1.04 bits per heavy atom. The number of hydrogen-bond acceptors (Lipinski definition) is 6. The highest BCUT2D eigenvalue weighted by atomic mass is 16.5. The molecule has 1 atom stereocenters. The maximum atomic E-state index is 12.4. The van der Waals surface area contributed by atoms with Gasteiger partial charge < -0.3 is 24.6 Å². The summed E-state index contributed by atoms with van der Waals surface area (Å²) in [6.45, 7) is 2.39. The lowest BCUT2D eigenvalue weighted by Crippen LogP contribution is -2.21. The molecular formula is C21H21NO6. The number of aliphatic hydroxyl groups excluding tert-OH is 1. The number of aliphatic hydroxyl groups is 1. The van der Waals surface area contributed by atoms with Crippen molar-refractivity contribution in [3.8, 4) is 17.2 Å². The minimum Gasteiger partial charge on any atom is -0.507 e. The fourth-order valence-electron chi connectivity index (χ4n) is 3.08. The van der Waals surface area contributed by atoms with Gasteiger partial charge in [-0.2, -0.15) is 0 Å². The van der Waals surface area contributed by atoms with Crippen LogP contribution in [0.1, 0.15) is 24.1 Å². The van der Waals surface area contributed by atoms with Crippen LogP contribution in [0.3, 0.4) is 0 Å². The van der Waals surface area contributed by atoms with E-state index in [4.69, 9.17) is 14.2 Å². The lowest BCUT2D eigenvalue weighted by molar-refractivity contribution is -0.133. The van der Waals surface area contributed by atoms with E-state index in [0.717, 1.165) is 0 Å². The standard InChI is InChI=1S/C21H21NO6/c1-4-28-14-8-5-12(6-9-14)19(23)17-18(22-21(25)20(17)24)13-7-10-15(26-2)16(11-13)27-3/h5-11,18,23H,4H2,1-3H3,(H,22,25)/b19-17+. The topological polar surface area (TPSA) is 94.1 Å². The van der Waals surface area contributed by atoms with Crippen molar-refractivity contribution in [2.75, 3.05) is 20.8 Å². The number of hydrogen-bond donors (Lipinski definition) is 2. The fourth-order valence-corrected chi connectivity index (χ4v) is 3.08. The predicted molar refractivity (Wildman–Crippen MR) is 103 cm³/mol. The van der Waals surface area contributed by atoms with E-state index in [2.05, 4.69) is 5.32 Å². The smallest absolute Gasteiger partial charge is 0.293 e. The van der Waals surface area contributed by atoms with Crippen molar-refractivity contribution in [3.05, 3.63) is 59.2 Å². The number of methoxy groups -OCH3 is 2. The molecule has 0 spiro atoms. The predicted octanol–water partition coefficient (Wildman–Crippen LogP) is 2.81. The maximum absolute atomic E-state index is 12.4. The summed E-state index contributed by atoms with van der Waals surface area (Å²) in [7, 11) is 3.01. The summed E-state index contributed by atoms with van der Waals surface area (Å²) in [4.78, 5) is 24.5. The van der Waals surface area contributed by atoms with Crippen LogP contribution < -0.4 is 19.5 Å². The highest BCUT2D eigenvalue weighted by Crippen LogP contribution is 2.37. The van der Waals surface area contributed by atoms with Crippen molar-refractivity contribution in [1.82, 2.24) is 5.32 Å². The number of Topliss-reactive ketones (excluding diaryl/α,β-unsaturated/α-hetero) is 1. The Morgan fingerprint density at radius 2 is 1.71 bits per heavy atom. The summed E-state index contributed by atoms with van der Waals surface area (Å²) in [6, 6.07) is 10.9. The molecule has 1 aliphatic rings. The van der Waals surface area contributed by atoms with Crippen molar-refractivity contribution < 1.29 is 28.9 Å². The first kappa shape index (κ1) is 19.3. The Morgan fingerprint density at radius 3 is 2.32 bits per heavy atom. The van der Waals surface area contributed by atoms with Crippen molar-refractivity contribution in [1.29, 1.82) is 0 Å². The zero-order valence-electron chi connectivity index (χ0n) is 15.8. The molecule has 3 rings (SSSR count). The Balaban J connectivity index is 2.05. The molecule has 1 fully saturated rings. The van der Waals surface area contributed by atoms with Gasteiger partial charge in [0.05, 0.1) is 32.4 Å². The van der Waals surface area contributed by atoms with Gasteiger partial charge in [-0.3, -0.25) is 9.59 Å². The molecule has 1 unspecified atom stereocenters. The lowest BCUT2D eigenvalue weighted by Gasteiger charge is -2.16. The Labute approximate surface area is 162 Å². The third kappa shape index (κ3) is 3.51. The summed E-state index contributed by atoms with van der Waals surface area (Å²) in [5.74, 6) is -0.186. The zero-order valence-corrected chi connectivity index (χ0v) is 15.8. The van der Waals surface area contributed by atoms with Crippen LogP contribution >= 0.6 is 0 Å². The molecule has 0 aliphatic carbocycles. The third-order valence-corrected chi connectivity index (χ3v) is 4.45. The summed E-state index contributed by atoms with van der Waals surface area (Å²) in [6.07, 6.45) is 0. The second-order valence-corrected chi connectivity index (χ2v) is 6.07. The summed E-state index contributed by atoms with van der Waals surface area (Å²) in [5, 5.41) is 13.4. The Kier molecular flexibility index (Phi) is 5.54. The first-order valence-electron chi connectivity index (χ1n) is 8.73. The van der Waals surface area contributed by atoms with Gasteiger partial charge in [-0.15, -0.1) is 0 Å². The van der Waals surface area contributed by atoms with Crippen LogP contribution in [0.5, 0.6) is 17.2 Å². The molecule has 2 aromatic carbocycles. The van der Waals surface area contributed by atoms with Gasteiger partial charge in [0, 0.05) is 5.56 Å². The van der Waals surface area contributed by atoms with E-state index in [0.29, 0.717) is 35.0 Å². The second-order valence-electron chi connectivity index (χ2n) is 6.07. The van der Waals surface area contributed by atoms with Crippen LogP contribution in [0.15, 0.2) is 48.0 Å². The van der Waals surface area contributed by atoms with Gasteiger partial charge in [0.15, 0.2) is 11.5 Å². The van der Waals surface area contributed by atoms with Gasteiger partial charge >= 0.3 is 0 Å². The number of ether oxygens (including phenoxy) is 3. The molecule has 146 valence electrons. The molecule has 0 saturated carbocycles. The van der Waals surface area contributed by atoms with E-state index in [1.54, 1.807) is 42.5 Å². The molecule has 1 aliphatic heterocycles. The highest BCUT2D eigenvalue weighted by molar-refractivity contribution is 6.46. The second kappa shape index (κ2) is 8.04. The van der Waals surface area contributed by atoms with Gasteiger partial charge in [-0.1, -0.05) is 6.07 Å². The maximum Gasteiger partial charge on any atom is 0.293 e.